The first-order valence-electron chi connectivity index (χ1n) is 4.94. The van der Waals surface area contributed by atoms with Crippen molar-refractivity contribution in [1.82, 2.24) is 4.90 Å². The van der Waals surface area contributed by atoms with Gasteiger partial charge in [-0.2, -0.15) is 0 Å². The van der Waals surface area contributed by atoms with Crippen molar-refractivity contribution in [1.29, 1.82) is 0 Å². The second kappa shape index (κ2) is 5.54. The molecular weight excluding hydrogens is 168 g/mol. The summed E-state index contributed by atoms with van der Waals surface area (Å²) >= 11 is 0. The van der Waals surface area contributed by atoms with E-state index in [4.69, 9.17) is 10.5 Å². The van der Waals surface area contributed by atoms with Gasteiger partial charge in [0.1, 0.15) is 0 Å². The van der Waals surface area contributed by atoms with Crippen LogP contribution in [0.4, 0.5) is 0 Å². The van der Waals surface area contributed by atoms with E-state index in [1.165, 1.54) is 0 Å². The van der Waals surface area contributed by atoms with Crippen molar-refractivity contribution in [2.45, 2.75) is 25.6 Å². The molecule has 0 radical (unpaired) electrons. The molecule has 0 spiro atoms. The Balaban J connectivity index is 2.30. The highest BCUT2D eigenvalue weighted by molar-refractivity contribution is 4.70. The summed E-state index contributed by atoms with van der Waals surface area (Å²) in [7, 11) is 0. The Morgan fingerprint density at radius 3 is 3.15 bits per heavy atom. The third-order valence-electron chi connectivity index (χ3n) is 2.28. The zero-order valence-corrected chi connectivity index (χ0v) is 8.28. The van der Waals surface area contributed by atoms with Crippen LogP contribution in [0.25, 0.3) is 0 Å². The third-order valence-corrected chi connectivity index (χ3v) is 2.28. The predicted octanol–water partition coefficient (Wildman–Crippen LogP) is -0.583. The first kappa shape index (κ1) is 10.9. The fraction of sp³-hybridized carbons (Fsp3) is 1.00. The van der Waals surface area contributed by atoms with Crippen LogP contribution in [0.1, 0.15) is 13.3 Å². The lowest BCUT2D eigenvalue weighted by Crippen LogP contribution is -2.39. The van der Waals surface area contributed by atoms with Gasteiger partial charge in [-0.3, -0.25) is 4.90 Å². The van der Waals surface area contributed by atoms with Crippen LogP contribution in [0.3, 0.4) is 0 Å². The monoisotopic (exact) mass is 188 g/mol. The van der Waals surface area contributed by atoms with Crippen LogP contribution in [0.2, 0.25) is 0 Å². The largest absolute Gasteiger partial charge is 0.390 e. The van der Waals surface area contributed by atoms with Gasteiger partial charge in [0.15, 0.2) is 0 Å². The van der Waals surface area contributed by atoms with Gasteiger partial charge in [-0.05, 0) is 13.3 Å². The van der Waals surface area contributed by atoms with Crippen molar-refractivity contribution in [3.05, 3.63) is 0 Å². The Hall–Kier alpha value is -0.160. The quantitative estimate of drug-likeness (QED) is 0.622. The van der Waals surface area contributed by atoms with Crippen LogP contribution in [0, 0.1) is 0 Å². The molecule has 1 rings (SSSR count). The second-order valence-electron chi connectivity index (χ2n) is 3.68. The Morgan fingerprint density at radius 2 is 2.46 bits per heavy atom. The normalized spacial score (nSPS) is 28.4. The van der Waals surface area contributed by atoms with Crippen molar-refractivity contribution < 1.29 is 9.84 Å². The van der Waals surface area contributed by atoms with Crippen molar-refractivity contribution in [2.75, 3.05) is 32.8 Å². The van der Waals surface area contributed by atoms with Crippen LogP contribution in [0.5, 0.6) is 0 Å². The maximum atomic E-state index is 9.38. The van der Waals surface area contributed by atoms with Crippen LogP contribution in [-0.4, -0.2) is 55.0 Å². The highest BCUT2D eigenvalue weighted by atomic mass is 16.5. The maximum Gasteiger partial charge on any atom is 0.0789 e. The minimum Gasteiger partial charge on any atom is -0.390 e. The zero-order valence-electron chi connectivity index (χ0n) is 8.28. The number of hydrogen-bond donors (Lipinski definition) is 2. The fourth-order valence-corrected chi connectivity index (χ4v) is 1.62. The number of aliphatic hydroxyl groups excluding tert-OH is 1. The third kappa shape index (κ3) is 4.04. The van der Waals surface area contributed by atoms with E-state index >= 15 is 0 Å². The summed E-state index contributed by atoms with van der Waals surface area (Å²) in [6.45, 7) is 5.80. The summed E-state index contributed by atoms with van der Waals surface area (Å²) in [5.41, 5.74) is 5.36. The van der Waals surface area contributed by atoms with Crippen LogP contribution in [-0.2, 0) is 4.74 Å². The molecular formula is C9H20N2O2. The highest BCUT2D eigenvalue weighted by Gasteiger charge is 2.16. The molecule has 4 nitrogen and oxygen atoms in total. The number of nitrogens with zero attached hydrogens (tertiary/aromatic N) is 1. The average molecular weight is 188 g/mol. The Kier molecular flexibility index (Phi) is 4.66. The summed E-state index contributed by atoms with van der Waals surface area (Å²) < 4.78 is 5.49. The van der Waals surface area contributed by atoms with E-state index in [0.717, 1.165) is 26.1 Å². The standard InChI is InChI=1S/C9H20N2O2/c1-8-6-11(3-2-4-13-8)7-9(12)5-10/h8-9,12H,2-7,10H2,1H3. The number of hydrogen-bond acceptors (Lipinski definition) is 4. The zero-order chi connectivity index (χ0) is 9.68. The van der Waals surface area contributed by atoms with Crippen molar-refractivity contribution in [3.63, 3.8) is 0 Å². The van der Waals surface area contributed by atoms with E-state index in [0.29, 0.717) is 13.1 Å². The smallest absolute Gasteiger partial charge is 0.0789 e. The molecule has 2 atom stereocenters. The molecule has 0 bridgehead atoms. The SMILES string of the molecule is CC1CN(CC(O)CN)CCCO1. The molecule has 2 unspecified atom stereocenters. The lowest BCUT2D eigenvalue weighted by molar-refractivity contribution is 0.0576. The van der Waals surface area contributed by atoms with Crippen molar-refractivity contribution in [2.24, 2.45) is 5.73 Å². The fourth-order valence-electron chi connectivity index (χ4n) is 1.62. The van der Waals surface area contributed by atoms with Gasteiger partial charge in [0.05, 0.1) is 12.2 Å². The van der Waals surface area contributed by atoms with Gasteiger partial charge in [-0.25, -0.2) is 0 Å². The molecule has 1 fully saturated rings. The molecule has 13 heavy (non-hydrogen) atoms. The number of nitrogens with two attached hydrogens (primary N) is 1. The van der Waals surface area contributed by atoms with Gasteiger partial charge in [0.2, 0.25) is 0 Å². The molecule has 78 valence electrons. The molecule has 1 aliphatic heterocycles. The van der Waals surface area contributed by atoms with Gasteiger partial charge in [-0.1, -0.05) is 0 Å². The molecule has 1 aliphatic rings. The first-order valence-corrected chi connectivity index (χ1v) is 4.94. The first-order chi connectivity index (χ1) is 6.22. The maximum absolute atomic E-state index is 9.38. The molecule has 1 saturated heterocycles. The van der Waals surface area contributed by atoms with Crippen molar-refractivity contribution in [3.8, 4) is 0 Å². The van der Waals surface area contributed by atoms with E-state index in [2.05, 4.69) is 11.8 Å². The van der Waals surface area contributed by atoms with Gasteiger partial charge < -0.3 is 15.6 Å². The summed E-state index contributed by atoms with van der Waals surface area (Å²) in [4.78, 5) is 2.22. The number of β-amino-alcohol motifs (C(OH)–C–C–N with tert-alkyl or cyclic N) is 1. The van der Waals surface area contributed by atoms with Gasteiger partial charge in [0, 0.05) is 32.8 Å². The van der Waals surface area contributed by atoms with Gasteiger partial charge in [0.25, 0.3) is 0 Å². The molecule has 0 amide bonds. The molecule has 0 aromatic heterocycles. The van der Waals surface area contributed by atoms with Gasteiger partial charge in [-0.15, -0.1) is 0 Å². The Labute approximate surface area is 79.7 Å². The minimum absolute atomic E-state index is 0.271. The molecule has 0 aromatic carbocycles. The van der Waals surface area contributed by atoms with E-state index in [1.807, 2.05) is 0 Å². The Bertz CT molecular complexity index is 144. The van der Waals surface area contributed by atoms with Crippen LogP contribution in [0.15, 0.2) is 0 Å². The number of rotatable bonds is 3. The lowest BCUT2D eigenvalue weighted by atomic mass is 10.3. The Morgan fingerprint density at radius 1 is 1.69 bits per heavy atom. The molecule has 4 heteroatoms. The second-order valence-corrected chi connectivity index (χ2v) is 3.68. The molecule has 0 saturated carbocycles. The predicted molar refractivity (Wildman–Crippen MR) is 51.5 cm³/mol. The topological polar surface area (TPSA) is 58.7 Å². The minimum atomic E-state index is -0.398. The van der Waals surface area contributed by atoms with E-state index in [9.17, 15) is 5.11 Å². The molecule has 3 N–H and O–H groups in total. The van der Waals surface area contributed by atoms with Crippen molar-refractivity contribution >= 4 is 0 Å². The summed E-state index contributed by atoms with van der Waals surface area (Å²) in [6, 6.07) is 0. The van der Waals surface area contributed by atoms with E-state index in [1.54, 1.807) is 0 Å². The molecule has 0 aliphatic carbocycles. The molecule has 1 heterocycles. The summed E-state index contributed by atoms with van der Waals surface area (Å²) in [5.74, 6) is 0. The van der Waals surface area contributed by atoms with E-state index in [-0.39, 0.29) is 6.10 Å². The van der Waals surface area contributed by atoms with Crippen LogP contribution >= 0.6 is 0 Å². The van der Waals surface area contributed by atoms with Gasteiger partial charge >= 0.3 is 0 Å². The molecule has 0 aromatic rings. The number of aliphatic hydroxyl groups is 1. The number of ether oxygens (including phenoxy) is 1. The summed E-state index contributed by atoms with van der Waals surface area (Å²) in [5, 5.41) is 9.38. The van der Waals surface area contributed by atoms with E-state index < -0.39 is 6.10 Å². The average Bonchev–Trinajstić information content (AvgIpc) is 2.30. The van der Waals surface area contributed by atoms with Crippen LogP contribution < -0.4 is 5.73 Å². The summed E-state index contributed by atoms with van der Waals surface area (Å²) in [6.07, 6.45) is 0.916. The highest BCUT2D eigenvalue weighted by Crippen LogP contribution is 2.05. The lowest BCUT2D eigenvalue weighted by Gasteiger charge is -2.23.